The van der Waals surface area contributed by atoms with Gasteiger partial charge in [-0.1, -0.05) is 6.42 Å². The number of nitrogens with one attached hydrogen (secondary N) is 1. The monoisotopic (exact) mass is 248 g/mol. The van der Waals surface area contributed by atoms with Crippen molar-refractivity contribution >= 4 is 5.91 Å². The van der Waals surface area contributed by atoms with E-state index in [1.54, 1.807) is 6.20 Å². The summed E-state index contributed by atoms with van der Waals surface area (Å²) >= 11 is 0. The molecule has 0 radical (unpaired) electrons. The molecular weight excluding hydrogens is 228 g/mol. The van der Waals surface area contributed by atoms with Gasteiger partial charge in [0, 0.05) is 24.7 Å². The molecule has 1 saturated carbocycles. The summed E-state index contributed by atoms with van der Waals surface area (Å²) in [6.07, 6.45) is 6.65. The lowest BCUT2D eigenvalue weighted by atomic mass is 9.76. The van der Waals surface area contributed by atoms with Crippen molar-refractivity contribution in [1.82, 2.24) is 9.88 Å². The fraction of sp³-hybridized carbons (Fsp3) is 0.643. The van der Waals surface area contributed by atoms with E-state index in [0.29, 0.717) is 12.2 Å². The van der Waals surface area contributed by atoms with Gasteiger partial charge in [-0.25, -0.2) is 0 Å². The summed E-state index contributed by atoms with van der Waals surface area (Å²) in [6.45, 7) is 1.53. The van der Waals surface area contributed by atoms with Gasteiger partial charge in [-0.3, -0.25) is 4.79 Å². The third kappa shape index (κ3) is 1.85. The number of carbonyl (C=O) groups excluding carboxylic acids is 1. The van der Waals surface area contributed by atoms with Crippen molar-refractivity contribution in [2.45, 2.75) is 38.2 Å². The smallest absolute Gasteiger partial charge is 0.270 e. The summed E-state index contributed by atoms with van der Waals surface area (Å²) in [7, 11) is 0. The van der Waals surface area contributed by atoms with Gasteiger partial charge in [0.1, 0.15) is 5.69 Å². The molecule has 1 aliphatic heterocycles. The number of piperidine rings is 1. The normalized spacial score (nSPS) is 32.1. The number of hydrogen-bond donors (Lipinski definition) is 2. The van der Waals surface area contributed by atoms with Gasteiger partial charge in [0.15, 0.2) is 0 Å². The zero-order valence-electron chi connectivity index (χ0n) is 10.6. The van der Waals surface area contributed by atoms with Crippen molar-refractivity contribution in [1.29, 1.82) is 0 Å². The van der Waals surface area contributed by atoms with Crippen LogP contribution in [0, 0.1) is 5.41 Å². The number of rotatable bonds is 1. The van der Waals surface area contributed by atoms with Crippen LogP contribution in [0.25, 0.3) is 0 Å². The molecule has 1 aliphatic carbocycles. The lowest BCUT2D eigenvalue weighted by Gasteiger charge is -2.42. The van der Waals surface area contributed by atoms with E-state index >= 15 is 0 Å². The number of aromatic amines is 1. The van der Waals surface area contributed by atoms with Gasteiger partial charge in [0.25, 0.3) is 5.91 Å². The number of nitrogens with zero attached hydrogens (tertiary/aromatic N) is 1. The molecular formula is C14H20N2O2. The lowest BCUT2D eigenvalue weighted by molar-refractivity contribution is -0.00553. The molecule has 18 heavy (non-hydrogen) atoms. The van der Waals surface area contributed by atoms with E-state index in [0.717, 1.165) is 38.6 Å². The fourth-order valence-electron chi connectivity index (χ4n) is 3.56. The molecule has 98 valence electrons. The average molecular weight is 248 g/mol. The van der Waals surface area contributed by atoms with Crippen LogP contribution >= 0.6 is 0 Å². The molecule has 2 fully saturated rings. The Morgan fingerprint density at radius 2 is 2.28 bits per heavy atom. The largest absolute Gasteiger partial charge is 0.392 e. The van der Waals surface area contributed by atoms with Crippen LogP contribution in [0.5, 0.6) is 0 Å². The standard InChI is InChI=1S/C14H20N2O2/c17-12-5-1-6-14(12)7-3-9-16(10-14)13(18)11-4-2-8-15-11/h2,4,8,12,15,17H,1,3,5-7,9-10H2/t12-,14+/m1/s1. The number of H-pyrrole nitrogens is 1. The van der Waals surface area contributed by atoms with E-state index in [-0.39, 0.29) is 17.4 Å². The van der Waals surface area contributed by atoms with E-state index in [1.807, 2.05) is 17.0 Å². The van der Waals surface area contributed by atoms with Crippen molar-refractivity contribution in [2.24, 2.45) is 5.41 Å². The van der Waals surface area contributed by atoms with Gasteiger partial charge in [-0.15, -0.1) is 0 Å². The molecule has 0 aromatic carbocycles. The van der Waals surface area contributed by atoms with Crippen molar-refractivity contribution in [3.8, 4) is 0 Å². The van der Waals surface area contributed by atoms with E-state index in [1.165, 1.54) is 0 Å². The van der Waals surface area contributed by atoms with E-state index in [9.17, 15) is 9.90 Å². The Balaban J connectivity index is 1.76. The van der Waals surface area contributed by atoms with Gasteiger partial charge in [-0.2, -0.15) is 0 Å². The Hall–Kier alpha value is -1.29. The molecule has 0 bridgehead atoms. The van der Waals surface area contributed by atoms with Gasteiger partial charge in [0.2, 0.25) is 0 Å². The first-order valence-electron chi connectivity index (χ1n) is 6.82. The molecule has 4 nitrogen and oxygen atoms in total. The molecule has 2 N–H and O–H groups in total. The lowest BCUT2D eigenvalue weighted by Crippen LogP contribution is -2.49. The first-order valence-corrected chi connectivity index (χ1v) is 6.82. The second kappa shape index (κ2) is 4.43. The SMILES string of the molecule is O=C(c1ccc[nH]1)N1CCC[C@@]2(CCC[C@H]2O)C1. The summed E-state index contributed by atoms with van der Waals surface area (Å²) in [5, 5.41) is 10.2. The minimum atomic E-state index is -0.225. The third-order valence-electron chi connectivity index (χ3n) is 4.58. The van der Waals surface area contributed by atoms with Gasteiger partial charge >= 0.3 is 0 Å². The van der Waals surface area contributed by atoms with Crippen LogP contribution in [0.3, 0.4) is 0 Å². The highest BCUT2D eigenvalue weighted by Gasteiger charge is 2.45. The molecule has 2 atom stereocenters. The van der Waals surface area contributed by atoms with E-state index in [2.05, 4.69) is 4.98 Å². The molecule has 2 aliphatic rings. The van der Waals surface area contributed by atoms with Gasteiger partial charge < -0.3 is 15.0 Å². The van der Waals surface area contributed by atoms with Crippen LogP contribution in [0.2, 0.25) is 0 Å². The van der Waals surface area contributed by atoms with Crippen molar-refractivity contribution in [2.75, 3.05) is 13.1 Å². The first kappa shape index (κ1) is 11.8. The number of aliphatic hydroxyl groups excluding tert-OH is 1. The number of carbonyl (C=O) groups is 1. The minimum absolute atomic E-state index is 0.0273. The van der Waals surface area contributed by atoms with Crippen LogP contribution < -0.4 is 0 Å². The quantitative estimate of drug-likeness (QED) is 0.796. The highest BCUT2D eigenvalue weighted by Crippen LogP contribution is 2.45. The summed E-state index contributed by atoms with van der Waals surface area (Å²) in [4.78, 5) is 17.2. The van der Waals surface area contributed by atoms with Crippen LogP contribution in [0.15, 0.2) is 18.3 Å². The van der Waals surface area contributed by atoms with E-state index < -0.39 is 0 Å². The van der Waals surface area contributed by atoms with Crippen LogP contribution in [0.1, 0.15) is 42.6 Å². The van der Waals surface area contributed by atoms with Crippen molar-refractivity contribution in [3.63, 3.8) is 0 Å². The molecule has 1 aromatic rings. The van der Waals surface area contributed by atoms with E-state index in [4.69, 9.17) is 0 Å². The summed E-state index contributed by atoms with van der Waals surface area (Å²) in [5.74, 6) is 0.0678. The highest BCUT2D eigenvalue weighted by molar-refractivity contribution is 5.92. The molecule has 3 rings (SSSR count). The summed E-state index contributed by atoms with van der Waals surface area (Å²) < 4.78 is 0. The molecule has 0 unspecified atom stereocenters. The molecule has 2 heterocycles. The number of likely N-dealkylation sites (tertiary alicyclic amines) is 1. The summed E-state index contributed by atoms with van der Waals surface area (Å²) in [6, 6.07) is 3.66. The number of amides is 1. The number of aliphatic hydroxyl groups is 1. The zero-order valence-corrected chi connectivity index (χ0v) is 10.6. The van der Waals surface area contributed by atoms with Crippen molar-refractivity contribution in [3.05, 3.63) is 24.0 Å². The average Bonchev–Trinajstić information content (AvgIpc) is 3.01. The van der Waals surface area contributed by atoms with Crippen LogP contribution in [0.4, 0.5) is 0 Å². The van der Waals surface area contributed by atoms with Crippen LogP contribution in [-0.2, 0) is 0 Å². The molecule has 1 amide bonds. The molecule has 1 spiro atoms. The predicted octanol–water partition coefficient (Wildman–Crippen LogP) is 1.78. The fourth-order valence-corrected chi connectivity index (χ4v) is 3.56. The Morgan fingerprint density at radius 1 is 1.44 bits per heavy atom. The minimum Gasteiger partial charge on any atom is -0.392 e. The Morgan fingerprint density at radius 3 is 2.94 bits per heavy atom. The Labute approximate surface area is 107 Å². The second-order valence-electron chi connectivity index (χ2n) is 5.68. The number of hydrogen-bond acceptors (Lipinski definition) is 2. The van der Waals surface area contributed by atoms with Gasteiger partial charge in [0.05, 0.1) is 6.10 Å². The highest BCUT2D eigenvalue weighted by atomic mass is 16.3. The maximum Gasteiger partial charge on any atom is 0.270 e. The van der Waals surface area contributed by atoms with Gasteiger partial charge in [-0.05, 0) is 37.8 Å². The predicted molar refractivity (Wildman–Crippen MR) is 68.2 cm³/mol. The third-order valence-corrected chi connectivity index (χ3v) is 4.58. The number of aromatic nitrogens is 1. The maximum atomic E-state index is 12.3. The summed E-state index contributed by atoms with van der Waals surface area (Å²) in [5.41, 5.74) is 0.625. The second-order valence-corrected chi connectivity index (χ2v) is 5.68. The van der Waals surface area contributed by atoms with Crippen LogP contribution in [-0.4, -0.2) is 40.1 Å². The van der Waals surface area contributed by atoms with Crippen molar-refractivity contribution < 1.29 is 9.90 Å². The maximum absolute atomic E-state index is 12.3. The molecule has 1 saturated heterocycles. The Bertz CT molecular complexity index is 429. The topological polar surface area (TPSA) is 56.3 Å². The Kier molecular flexibility index (Phi) is 2.90. The first-order chi connectivity index (χ1) is 8.71. The molecule has 4 heteroatoms. The molecule has 1 aromatic heterocycles. The zero-order chi connectivity index (χ0) is 12.6.